The Morgan fingerprint density at radius 1 is 1.10 bits per heavy atom. The molecule has 0 atom stereocenters. The third-order valence-corrected chi connectivity index (χ3v) is 5.59. The lowest BCUT2D eigenvalue weighted by Gasteiger charge is -2.34. The summed E-state index contributed by atoms with van der Waals surface area (Å²) >= 11 is 0. The molecule has 1 aliphatic rings. The molecule has 2 aromatic carbocycles. The maximum atomic E-state index is 12.7. The van der Waals surface area contributed by atoms with Gasteiger partial charge in [-0.15, -0.1) is 0 Å². The maximum Gasteiger partial charge on any atom is 0.411 e. The number of ether oxygens (including phenoxy) is 1. The summed E-state index contributed by atoms with van der Waals surface area (Å²) in [5.74, 6) is -0.123. The van der Waals surface area contributed by atoms with Crippen LogP contribution in [-0.2, 0) is 9.53 Å². The van der Waals surface area contributed by atoms with Crippen molar-refractivity contribution in [1.82, 2.24) is 4.90 Å². The topological polar surface area (TPSA) is 183 Å². The Balaban J connectivity index is 0.00000131. The molecule has 0 unspecified atom stereocenters. The summed E-state index contributed by atoms with van der Waals surface area (Å²) in [5.41, 5.74) is 13.2. The van der Waals surface area contributed by atoms with Gasteiger partial charge in [0, 0.05) is 34.7 Å². The second-order valence-corrected chi connectivity index (χ2v) is 10.7. The number of Topliss-reactive ketones (excluding diaryl/α,β-unsaturated/α-hetero) is 1. The summed E-state index contributed by atoms with van der Waals surface area (Å²) in [7, 11) is 0. The number of rotatable bonds is 5. The summed E-state index contributed by atoms with van der Waals surface area (Å²) in [5, 5.41) is 13.5. The van der Waals surface area contributed by atoms with Crippen LogP contribution in [0, 0.1) is 10.1 Å². The van der Waals surface area contributed by atoms with Crippen molar-refractivity contribution >= 4 is 40.7 Å². The quantitative estimate of drug-likeness (QED) is 0.207. The zero-order chi connectivity index (χ0) is 30.4. The Labute approximate surface area is 233 Å². The molecule has 12 heteroatoms. The number of nitrogens with two attached hydrogens (primary N) is 2. The lowest BCUT2D eigenvalue weighted by atomic mass is 10.0. The van der Waals surface area contributed by atoms with Gasteiger partial charge in [-0.25, -0.2) is 9.79 Å². The minimum Gasteiger partial charge on any atom is -0.444 e. The number of carbonyl (C=O) groups is 3. The summed E-state index contributed by atoms with van der Waals surface area (Å²) in [6.07, 6.45) is -0.505. The molecule has 5 N–H and O–H groups in total. The molecule has 1 heterocycles. The summed E-state index contributed by atoms with van der Waals surface area (Å²) in [6, 6.07) is 12.0. The Bertz CT molecular complexity index is 1350. The van der Waals surface area contributed by atoms with Crippen molar-refractivity contribution in [1.29, 1.82) is 0 Å². The van der Waals surface area contributed by atoms with Crippen LogP contribution in [-0.4, -0.2) is 51.1 Å². The number of nitrogens with zero attached hydrogens (tertiary/aromatic N) is 3. The van der Waals surface area contributed by atoms with Gasteiger partial charge in [0.15, 0.2) is 0 Å². The number of nitro groups is 1. The van der Waals surface area contributed by atoms with Gasteiger partial charge in [-0.1, -0.05) is 6.07 Å². The van der Waals surface area contributed by atoms with E-state index < -0.39 is 28.1 Å². The summed E-state index contributed by atoms with van der Waals surface area (Å²) in [4.78, 5) is 50.9. The molecule has 214 valence electrons. The molecule has 0 fully saturated rings. The van der Waals surface area contributed by atoms with Crippen molar-refractivity contribution in [2.75, 3.05) is 11.9 Å². The molecule has 2 amide bonds. The Morgan fingerprint density at radius 3 is 2.20 bits per heavy atom. The van der Waals surface area contributed by atoms with Crippen LogP contribution in [0.5, 0.6) is 0 Å². The van der Waals surface area contributed by atoms with Gasteiger partial charge >= 0.3 is 6.09 Å². The number of nitrogens with one attached hydrogen (secondary N) is 1. The molecule has 0 saturated heterocycles. The molecule has 1 aliphatic heterocycles. The molecule has 2 aromatic rings. The minimum absolute atomic E-state index is 0.104. The maximum absolute atomic E-state index is 12.7. The molecule has 0 saturated carbocycles. The number of nitro benzene ring substituents is 1. The predicted molar refractivity (Wildman–Crippen MR) is 153 cm³/mol. The number of amidine groups is 1. The minimum atomic E-state index is -0.821. The Hall–Kier alpha value is -4.74. The van der Waals surface area contributed by atoms with Crippen LogP contribution in [0.25, 0.3) is 0 Å². The van der Waals surface area contributed by atoms with Crippen molar-refractivity contribution in [3.8, 4) is 0 Å². The van der Waals surface area contributed by atoms with Gasteiger partial charge in [0.2, 0.25) is 0 Å². The van der Waals surface area contributed by atoms with Crippen molar-refractivity contribution in [3.05, 3.63) is 75.5 Å². The van der Waals surface area contributed by atoms with Crippen LogP contribution in [0.3, 0.4) is 0 Å². The highest BCUT2D eigenvalue weighted by Crippen LogP contribution is 2.33. The molecular weight excluding hydrogens is 516 g/mol. The molecule has 12 nitrogen and oxygen atoms in total. The van der Waals surface area contributed by atoms with Crippen molar-refractivity contribution < 1.29 is 24.0 Å². The summed E-state index contributed by atoms with van der Waals surface area (Å²) < 4.78 is 5.51. The van der Waals surface area contributed by atoms with Crippen LogP contribution in [0.1, 0.15) is 58.8 Å². The first kappa shape index (κ1) is 31.5. The number of carbonyl (C=O) groups excluding carboxylic acids is 3. The van der Waals surface area contributed by atoms with Gasteiger partial charge in [-0.3, -0.25) is 19.8 Å². The predicted octanol–water partition coefficient (Wildman–Crippen LogP) is 4.67. The van der Waals surface area contributed by atoms with Crippen molar-refractivity contribution in [2.24, 2.45) is 16.5 Å². The van der Waals surface area contributed by atoms with Crippen LogP contribution in [0.4, 0.5) is 21.9 Å². The fraction of sp³-hybridized carbons (Fsp3) is 0.357. The average Bonchev–Trinajstić information content (AvgIpc) is 3.07. The van der Waals surface area contributed by atoms with E-state index in [-0.39, 0.29) is 29.4 Å². The third-order valence-electron chi connectivity index (χ3n) is 5.59. The fourth-order valence-corrected chi connectivity index (χ4v) is 3.58. The number of aliphatic imine (C=N–C) groups is 1. The fourth-order valence-electron chi connectivity index (χ4n) is 3.58. The highest BCUT2D eigenvalue weighted by Gasteiger charge is 2.43. The number of hydrogen-bond donors (Lipinski definition) is 3. The largest absolute Gasteiger partial charge is 0.444 e. The molecule has 0 spiro atoms. The van der Waals surface area contributed by atoms with E-state index in [2.05, 4.69) is 10.3 Å². The van der Waals surface area contributed by atoms with Gasteiger partial charge in [0.05, 0.1) is 22.7 Å². The normalized spacial score (nSPS) is 14.7. The van der Waals surface area contributed by atoms with Gasteiger partial charge in [-0.05, 0) is 78.8 Å². The second kappa shape index (κ2) is 12.4. The monoisotopic (exact) mass is 552 g/mol. The van der Waals surface area contributed by atoms with Crippen LogP contribution in [0.2, 0.25) is 0 Å². The number of amides is 2. The van der Waals surface area contributed by atoms with Crippen molar-refractivity contribution in [2.45, 2.75) is 59.6 Å². The molecule has 3 rings (SSSR count). The number of non-ortho nitro benzene ring substituents is 1. The molecule has 40 heavy (non-hydrogen) atoms. The van der Waals surface area contributed by atoms with Gasteiger partial charge in [-0.2, -0.15) is 0 Å². The summed E-state index contributed by atoms with van der Waals surface area (Å²) in [6.45, 7) is 12.2. The van der Waals surface area contributed by atoms with Gasteiger partial charge in [0.25, 0.3) is 11.6 Å². The van der Waals surface area contributed by atoms with E-state index in [1.165, 1.54) is 43.0 Å². The van der Waals surface area contributed by atoms with E-state index in [1.807, 2.05) is 0 Å². The van der Waals surface area contributed by atoms with E-state index >= 15 is 0 Å². The highest BCUT2D eigenvalue weighted by molar-refractivity contribution is 6.05. The first-order valence-corrected chi connectivity index (χ1v) is 12.4. The first-order chi connectivity index (χ1) is 18.4. The lowest BCUT2D eigenvalue weighted by molar-refractivity contribution is -0.384. The zero-order valence-electron chi connectivity index (χ0n) is 23.8. The van der Waals surface area contributed by atoms with E-state index in [0.29, 0.717) is 22.6 Å². The molecular formula is C28H36N6O6. The second-order valence-electron chi connectivity index (χ2n) is 10.7. The van der Waals surface area contributed by atoms with Gasteiger partial charge in [0.1, 0.15) is 17.2 Å². The van der Waals surface area contributed by atoms with Crippen LogP contribution >= 0.6 is 0 Å². The van der Waals surface area contributed by atoms with E-state index in [0.717, 1.165) is 0 Å². The van der Waals surface area contributed by atoms with E-state index in [4.69, 9.17) is 16.2 Å². The van der Waals surface area contributed by atoms with Gasteiger partial charge < -0.3 is 26.3 Å². The third kappa shape index (κ3) is 8.38. The SMILES string of the molecule is CC(C)(C)OC(=O)N1CC(C(N)=Nc2cccc(NC(=O)c3ccc([N+](=O)[O-])cc3)c2)=C(N)C1(C)C.CC(C)=O. The van der Waals surface area contributed by atoms with Crippen molar-refractivity contribution in [3.63, 3.8) is 0 Å². The molecule has 0 bridgehead atoms. The number of anilines is 1. The standard InChI is InChI=1S/C25H30N6O5.C3H6O/c1-24(2,3)36-23(33)30-14-19(20(26)25(30,4)5)21(27)28-16-7-6-8-17(13-16)29-22(32)15-9-11-18(12-10-15)31(34)35;1-3(2)4/h6-13H,14,26H2,1-5H3,(H2,27,28)(H,29,32);1-2H3. The Morgan fingerprint density at radius 2 is 1.68 bits per heavy atom. The van der Waals surface area contributed by atoms with E-state index in [1.54, 1.807) is 58.9 Å². The molecule has 0 aliphatic carbocycles. The van der Waals surface area contributed by atoms with Crippen LogP contribution < -0.4 is 16.8 Å². The lowest BCUT2D eigenvalue weighted by Crippen LogP contribution is -2.48. The number of benzene rings is 2. The Kier molecular flexibility index (Phi) is 9.77. The van der Waals surface area contributed by atoms with Crippen LogP contribution in [0.15, 0.2) is 64.8 Å². The number of ketones is 1. The number of hydrogen-bond acceptors (Lipinski definition) is 8. The average molecular weight is 553 g/mol. The first-order valence-electron chi connectivity index (χ1n) is 12.4. The smallest absolute Gasteiger partial charge is 0.411 e. The van der Waals surface area contributed by atoms with E-state index in [9.17, 15) is 24.5 Å². The highest BCUT2D eigenvalue weighted by atomic mass is 16.6. The zero-order valence-corrected chi connectivity index (χ0v) is 23.8. The molecule has 0 radical (unpaired) electrons. The molecule has 0 aromatic heterocycles.